The van der Waals surface area contributed by atoms with E-state index in [0.717, 1.165) is 0 Å². The molecule has 1 aliphatic heterocycles. The maximum atomic E-state index is 13.9. The molecule has 1 aliphatic rings. The summed E-state index contributed by atoms with van der Waals surface area (Å²) in [6.45, 7) is 3.35. The topological polar surface area (TPSA) is 55.8 Å². The van der Waals surface area contributed by atoms with Crippen LogP contribution in [0.25, 0.3) is 5.76 Å². The van der Waals surface area contributed by atoms with Gasteiger partial charge in [0.2, 0.25) is 5.79 Å². The molecule has 0 amide bonds. The number of carboxylic acids is 1. The van der Waals surface area contributed by atoms with E-state index in [1.165, 1.54) is 24.5 Å². The van der Waals surface area contributed by atoms with E-state index in [1.807, 2.05) is 0 Å². The van der Waals surface area contributed by atoms with Crippen LogP contribution in [0.3, 0.4) is 0 Å². The smallest absolute Gasteiger partial charge is 0.338 e. The highest BCUT2D eigenvalue weighted by Crippen LogP contribution is 2.32. The van der Waals surface area contributed by atoms with Crippen LogP contribution in [0.1, 0.15) is 29.8 Å². The summed E-state index contributed by atoms with van der Waals surface area (Å²) in [7, 11) is 0. The van der Waals surface area contributed by atoms with Crippen LogP contribution in [-0.4, -0.2) is 16.9 Å². The lowest BCUT2D eigenvalue weighted by molar-refractivity contribution is -0.102. The molecule has 0 saturated heterocycles. The molecule has 0 bridgehead atoms. The third-order valence-electron chi connectivity index (χ3n) is 2.30. The van der Waals surface area contributed by atoms with Crippen LogP contribution in [0.2, 0.25) is 0 Å². The van der Waals surface area contributed by atoms with Crippen molar-refractivity contribution in [2.45, 2.75) is 19.6 Å². The summed E-state index contributed by atoms with van der Waals surface area (Å²) in [4.78, 5) is 10.8. The molecule has 17 heavy (non-hydrogen) atoms. The fraction of sp³-hybridized carbons (Fsp3) is 0.250. The standard InChI is InChI=1S/C12H11FO4/c1-12(2)16-6-9(17-12)7-4-3-5-8(10(7)13)11(14)15/h3-6H,1-2H3,(H,14,15). The van der Waals surface area contributed by atoms with Gasteiger partial charge in [-0.2, -0.15) is 0 Å². The first-order chi connectivity index (χ1) is 7.91. The molecule has 0 aromatic heterocycles. The van der Waals surface area contributed by atoms with E-state index in [1.54, 1.807) is 13.8 Å². The van der Waals surface area contributed by atoms with Crippen LogP contribution in [-0.2, 0) is 9.47 Å². The minimum atomic E-state index is -1.32. The summed E-state index contributed by atoms with van der Waals surface area (Å²) in [6.07, 6.45) is 1.28. The van der Waals surface area contributed by atoms with Crippen molar-refractivity contribution >= 4 is 11.7 Å². The van der Waals surface area contributed by atoms with Gasteiger partial charge in [-0.25, -0.2) is 9.18 Å². The molecule has 2 rings (SSSR count). The van der Waals surface area contributed by atoms with Crippen molar-refractivity contribution in [3.05, 3.63) is 41.4 Å². The second kappa shape index (κ2) is 3.76. The van der Waals surface area contributed by atoms with Gasteiger partial charge in [0.1, 0.15) is 12.1 Å². The van der Waals surface area contributed by atoms with Crippen molar-refractivity contribution in [2.75, 3.05) is 0 Å². The zero-order valence-corrected chi connectivity index (χ0v) is 9.36. The van der Waals surface area contributed by atoms with E-state index >= 15 is 0 Å². The van der Waals surface area contributed by atoms with E-state index in [0.29, 0.717) is 0 Å². The van der Waals surface area contributed by atoms with Crippen LogP contribution in [0.4, 0.5) is 4.39 Å². The predicted molar refractivity (Wildman–Crippen MR) is 57.6 cm³/mol. The van der Waals surface area contributed by atoms with Gasteiger partial charge in [-0.05, 0) is 12.1 Å². The summed E-state index contributed by atoms with van der Waals surface area (Å²) >= 11 is 0. The Morgan fingerprint density at radius 3 is 2.65 bits per heavy atom. The van der Waals surface area contributed by atoms with Crippen LogP contribution in [0, 0.1) is 5.82 Å². The third kappa shape index (κ3) is 2.08. The van der Waals surface area contributed by atoms with Crippen molar-refractivity contribution in [3.63, 3.8) is 0 Å². The maximum Gasteiger partial charge on any atom is 0.338 e. The molecule has 0 spiro atoms. The van der Waals surface area contributed by atoms with Gasteiger partial charge in [0.15, 0.2) is 5.76 Å². The van der Waals surface area contributed by atoms with Crippen LogP contribution >= 0.6 is 0 Å². The van der Waals surface area contributed by atoms with E-state index in [9.17, 15) is 9.18 Å². The fourth-order valence-corrected chi connectivity index (χ4v) is 1.51. The molecule has 1 aromatic carbocycles. The fourth-order valence-electron chi connectivity index (χ4n) is 1.51. The lowest BCUT2D eigenvalue weighted by Crippen LogP contribution is -2.20. The largest absolute Gasteiger partial charge is 0.478 e. The second-order valence-corrected chi connectivity index (χ2v) is 4.07. The molecule has 0 radical (unpaired) electrons. The molecule has 1 N–H and O–H groups in total. The number of ether oxygens (including phenoxy) is 2. The molecule has 0 atom stereocenters. The minimum absolute atomic E-state index is 0.0791. The highest BCUT2D eigenvalue weighted by molar-refractivity contribution is 5.89. The molecule has 0 saturated carbocycles. The normalized spacial score (nSPS) is 17.0. The number of carboxylic acid groups (broad SMARTS) is 1. The average Bonchev–Trinajstić information content (AvgIpc) is 2.58. The zero-order chi connectivity index (χ0) is 12.6. The van der Waals surface area contributed by atoms with Crippen LogP contribution < -0.4 is 0 Å². The van der Waals surface area contributed by atoms with Crippen molar-refractivity contribution < 1.29 is 23.8 Å². The van der Waals surface area contributed by atoms with E-state index in [2.05, 4.69) is 0 Å². The monoisotopic (exact) mass is 238 g/mol. The number of aromatic carboxylic acids is 1. The Hall–Kier alpha value is -2.04. The molecule has 0 unspecified atom stereocenters. The summed E-state index contributed by atoms with van der Waals surface area (Å²) in [5.74, 6) is -2.81. The predicted octanol–water partition coefficient (Wildman–Crippen LogP) is 2.61. The molecule has 5 heteroatoms. The van der Waals surface area contributed by atoms with E-state index in [4.69, 9.17) is 14.6 Å². The average molecular weight is 238 g/mol. The van der Waals surface area contributed by atoms with Gasteiger partial charge < -0.3 is 14.6 Å². The van der Waals surface area contributed by atoms with Gasteiger partial charge in [-0.1, -0.05) is 6.07 Å². The summed E-state index contributed by atoms with van der Waals surface area (Å²) in [6, 6.07) is 4.10. The lowest BCUT2D eigenvalue weighted by atomic mass is 10.1. The molecule has 1 heterocycles. The van der Waals surface area contributed by atoms with Gasteiger partial charge in [-0.15, -0.1) is 0 Å². The first-order valence-electron chi connectivity index (χ1n) is 5.00. The van der Waals surface area contributed by atoms with Crippen molar-refractivity contribution in [2.24, 2.45) is 0 Å². The van der Waals surface area contributed by atoms with Gasteiger partial charge >= 0.3 is 5.97 Å². The quantitative estimate of drug-likeness (QED) is 0.860. The number of halogens is 1. The van der Waals surface area contributed by atoms with E-state index in [-0.39, 0.29) is 11.3 Å². The summed E-state index contributed by atoms with van der Waals surface area (Å²) in [5.41, 5.74) is -0.313. The number of rotatable bonds is 2. The van der Waals surface area contributed by atoms with Gasteiger partial charge in [-0.3, -0.25) is 0 Å². The molecule has 1 aromatic rings. The molecule has 4 nitrogen and oxygen atoms in total. The molecular weight excluding hydrogens is 227 g/mol. The number of hydrogen-bond acceptors (Lipinski definition) is 3. The van der Waals surface area contributed by atoms with Gasteiger partial charge in [0.05, 0.1) is 11.1 Å². The van der Waals surface area contributed by atoms with Crippen molar-refractivity contribution in [1.82, 2.24) is 0 Å². The van der Waals surface area contributed by atoms with Gasteiger partial charge in [0.25, 0.3) is 0 Å². The Morgan fingerprint density at radius 1 is 1.41 bits per heavy atom. The van der Waals surface area contributed by atoms with Crippen molar-refractivity contribution in [3.8, 4) is 0 Å². The SMILES string of the molecule is CC1(C)OC=C(c2cccc(C(=O)O)c2F)O1. The number of carbonyl (C=O) groups is 1. The lowest BCUT2D eigenvalue weighted by Gasteiger charge is -2.18. The minimum Gasteiger partial charge on any atom is -0.478 e. The zero-order valence-electron chi connectivity index (χ0n) is 9.36. The highest BCUT2D eigenvalue weighted by atomic mass is 19.1. The molecule has 0 aliphatic carbocycles. The van der Waals surface area contributed by atoms with Crippen LogP contribution in [0.5, 0.6) is 0 Å². The Balaban J connectivity index is 2.41. The van der Waals surface area contributed by atoms with Crippen LogP contribution in [0.15, 0.2) is 24.5 Å². The number of benzene rings is 1. The second-order valence-electron chi connectivity index (χ2n) is 4.07. The highest BCUT2D eigenvalue weighted by Gasteiger charge is 2.30. The summed E-state index contributed by atoms with van der Waals surface area (Å²) in [5, 5.41) is 8.80. The Bertz CT molecular complexity index is 505. The number of hydrogen-bond donors (Lipinski definition) is 1. The Kier molecular flexibility index (Phi) is 2.53. The third-order valence-corrected chi connectivity index (χ3v) is 2.30. The molecular formula is C12H11FO4. The Labute approximate surface area is 97.3 Å². The molecule has 0 fully saturated rings. The first kappa shape index (κ1) is 11.4. The van der Waals surface area contributed by atoms with Crippen molar-refractivity contribution in [1.29, 1.82) is 0 Å². The Morgan fingerprint density at radius 2 is 2.12 bits per heavy atom. The maximum absolute atomic E-state index is 13.9. The van der Waals surface area contributed by atoms with Gasteiger partial charge in [0, 0.05) is 13.8 Å². The van der Waals surface area contributed by atoms with E-state index < -0.39 is 23.1 Å². The molecule has 90 valence electrons. The summed E-state index contributed by atoms with van der Waals surface area (Å²) < 4.78 is 24.4. The first-order valence-corrected chi connectivity index (χ1v) is 5.00.